The molecule has 0 aliphatic rings. The van der Waals surface area contributed by atoms with Crippen molar-refractivity contribution in [2.24, 2.45) is 4.99 Å². The van der Waals surface area contributed by atoms with Crippen LogP contribution >= 0.6 is 0 Å². The minimum Gasteiger partial charge on any atom is -0.440 e. The fourth-order valence-corrected chi connectivity index (χ4v) is 1.54. The maximum absolute atomic E-state index is 12.2. The van der Waals surface area contributed by atoms with Gasteiger partial charge in [0.1, 0.15) is 11.1 Å². The van der Waals surface area contributed by atoms with Crippen molar-refractivity contribution in [2.45, 2.75) is 13.0 Å². The third-order valence-corrected chi connectivity index (χ3v) is 2.58. The SMILES string of the molecule is CC(CO)N=Cc1c(N)oc2ccccc2c1=O. The van der Waals surface area contributed by atoms with E-state index in [-0.39, 0.29) is 29.5 Å². The normalized spacial score (nSPS) is 13.2. The molecular formula is C13H14N2O3. The topological polar surface area (TPSA) is 88.8 Å². The molecule has 1 unspecified atom stereocenters. The van der Waals surface area contributed by atoms with Crippen LogP contribution in [0.2, 0.25) is 0 Å². The quantitative estimate of drug-likeness (QED) is 0.796. The van der Waals surface area contributed by atoms with Gasteiger partial charge in [-0.3, -0.25) is 9.79 Å². The second-order valence-electron chi connectivity index (χ2n) is 4.02. The lowest BCUT2D eigenvalue weighted by Gasteiger charge is -2.03. The van der Waals surface area contributed by atoms with Crippen LogP contribution in [0.15, 0.2) is 38.5 Å². The van der Waals surface area contributed by atoms with E-state index < -0.39 is 0 Å². The van der Waals surface area contributed by atoms with Gasteiger partial charge in [-0.1, -0.05) is 12.1 Å². The molecule has 0 aliphatic carbocycles. The maximum atomic E-state index is 12.2. The Labute approximate surface area is 104 Å². The number of nitrogens with zero attached hydrogens (tertiary/aromatic N) is 1. The fraction of sp³-hybridized carbons (Fsp3) is 0.231. The van der Waals surface area contributed by atoms with Crippen LogP contribution in [0.25, 0.3) is 11.0 Å². The molecule has 18 heavy (non-hydrogen) atoms. The van der Waals surface area contributed by atoms with E-state index in [1.54, 1.807) is 31.2 Å². The molecule has 2 aromatic rings. The third kappa shape index (κ3) is 2.26. The summed E-state index contributed by atoms with van der Waals surface area (Å²) in [4.78, 5) is 16.2. The third-order valence-electron chi connectivity index (χ3n) is 2.58. The van der Waals surface area contributed by atoms with E-state index in [1.807, 2.05) is 0 Å². The Bertz CT molecular complexity index is 646. The van der Waals surface area contributed by atoms with E-state index in [2.05, 4.69) is 4.99 Å². The van der Waals surface area contributed by atoms with Gasteiger partial charge >= 0.3 is 0 Å². The highest BCUT2D eigenvalue weighted by Crippen LogP contribution is 2.15. The predicted molar refractivity (Wildman–Crippen MR) is 71.0 cm³/mol. The van der Waals surface area contributed by atoms with E-state index in [1.165, 1.54) is 6.21 Å². The molecule has 1 aromatic carbocycles. The summed E-state index contributed by atoms with van der Waals surface area (Å²) in [5, 5.41) is 9.34. The summed E-state index contributed by atoms with van der Waals surface area (Å²) in [6.07, 6.45) is 1.36. The summed E-state index contributed by atoms with van der Waals surface area (Å²) in [6, 6.07) is 6.60. The van der Waals surface area contributed by atoms with Crippen molar-refractivity contribution in [3.05, 3.63) is 40.1 Å². The van der Waals surface area contributed by atoms with E-state index in [0.717, 1.165) is 0 Å². The number of hydrogen-bond donors (Lipinski definition) is 2. The number of anilines is 1. The number of aliphatic hydroxyl groups is 1. The van der Waals surface area contributed by atoms with Crippen LogP contribution in [0.4, 0.5) is 5.88 Å². The number of para-hydroxylation sites is 1. The molecule has 0 radical (unpaired) electrons. The van der Waals surface area contributed by atoms with Crippen LogP contribution in [0, 0.1) is 0 Å². The molecule has 0 spiro atoms. The van der Waals surface area contributed by atoms with Crippen molar-refractivity contribution >= 4 is 23.1 Å². The standard InChI is InChI=1S/C13H14N2O3/c1-8(7-16)15-6-10-12(17)9-4-2-3-5-11(9)18-13(10)14/h2-6,8,16H,7,14H2,1H3. The first-order valence-corrected chi connectivity index (χ1v) is 5.59. The van der Waals surface area contributed by atoms with E-state index >= 15 is 0 Å². The van der Waals surface area contributed by atoms with E-state index in [0.29, 0.717) is 11.0 Å². The molecule has 2 rings (SSSR count). The van der Waals surface area contributed by atoms with E-state index in [4.69, 9.17) is 15.3 Å². The number of hydrogen-bond acceptors (Lipinski definition) is 5. The molecule has 94 valence electrons. The summed E-state index contributed by atoms with van der Waals surface area (Å²) in [5.74, 6) is 0.0348. The average Bonchev–Trinajstić information content (AvgIpc) is 2.38. The smallest absolute Gasteiger partial charge is 0.203 e. The number of aliphatic imine (C=N–C) groups is 1. The number of benzene rings is 1. The Kier molecular flexibility index (Phi) is 3.43. The molecule has 3 N–H and O–H groups in total. The predicted octanol–water partition coefficient (Wildman–Crippen LogP) is 1.17. The van der Waals surface area contributed by atoms with Gasteiger partial charge in [0.15, 0.2) is 0 Å². The molecule has 0 saturated heterocycles. The Morgan fingerprint density at radius 3 is 2.94 bits per heavy atom. The van der Waals surface area contributed by atoms with Gasteiger partial charge in [-0.15, -0.1) is 0 Å². The maximum Gasteiger partial charge on any atom is 0.203 e. The highest BCUT2D eigenvalue weighted by molar-refractivity contribution is 5.91. The van der Waals surface area contributed by atoms with Gasteiger partial charge in [0.05, 0.1) is 18.0 Å². The highest BCUT2D eigenvalue weighted by atomic mass is 16.3. The second kappa shape index (κ2) is 5.01. The van der Waals surface area contributed by atoms with E-state index in [9.17, 15) is 4.79 Å². The lowest BCUT2D eigenvalue weighted by Crippen LogP contribution is -2.13. The van der Waals surface area contributed by atoms with Crippen molar-refractivity contribution in [2.75, 3.05) is 12.3 Å². The van der Waals surface area contributed by atoms with Gasteiger partial charge in [-0.05, 0) is 19.1 Å². The summed E-state index contributed by atoms with van der Waals surface area (Å²) in [6.45, 7) is 1.64. The summed E-state index contributed by atoms with van der Waals surface area (Å²) in [5.41, 5.74) is 6.14. The lowest BCUT2D eigenvalue weighted by molar-refractivity contribution is 0.275. The van der Waals surface area contributed by atoms with Crippen LogP contribution in [0.3, 0.4) is 0 Å². The van der Waals surface area contributed by atoms with Crippen molar-refractivity contribution in [1.29, 1.82) is 0 Å². The molecule has 0 saturated carbocycles. The van der Waals surface area contributed by atoms with Gasteiger partial charge in [0.25, 0.3) is 0 Å². The van der Waals surface area contributed by atoms with Gasteiger partial charge in [0, 0.05) is 6.21 Å². The number of nitrogen functional groups attached to an aromatic ring is 1. The zero-order chi connectivity index (χ0) is 13.1. The van der Waals surface area contributed by atoms with Crippen molar-refractivity contribution in [1.82, 2.24) is 0 Å². The van der Waals surface area contributed by atoms with Gasteiger partial charge in [-0.2, -0.15) is 0 Å². The van der Waals surface area contributed by atoms with Crippen molar-refractivity contribution in [3.8, 4) is 0 Å². The van der Waals surface area contributed by atoms with Crippen LogP contribution in [0.5, 0.6) is 0 Å². The minimum absolute atomic E-state index is 0.0348. The molecule has 1 heterocycles. The highest BCUT2D eigenvalue weighted by Gasteiger charge is 2.10. The first kappa shape index (κ1) is 12.3. The monoisotopic (exact) mass is 246 g/mol. The zero-order valence-electron chi connectivity index (χ0n) is 9.96. The van der Waals surface area contributed by atoms with Gasteiger partial charge in [-0.25, -0.2) is 0 Å². The lowest BCUT2D eigenvalue weighted by atomic mass is 10.1. The number of aliphatic hydroxyl groups excluding tert-OH is 1. The summed E-state index contributed by atoms with van der Waals surface area (Å²) in [7, 11) is 0. The first-order valence-electron chi connectivity index (χ1n) is 5.59. The molecule has 0 aliphatic heterocycles. The van der Waals surface area contributed by atoms with Gasteiger partial charge in [0.2, 0.25) is 11.3 Å². The second-order valence-corrected chi connectivity index (χ2v) is 4.02. The first-order chi connectivity index (χ1) is 8.63. The number of rotatable bonds is 3. The van der Waals surface area contributed by atoms with Gasteiger partial charge < -0.3 is 15.3 Å². The molecule has 0 bridgehead atoms. The van der Waals surface area contributed by atoms with Crippen LogP contribution in [-0.2, 0) is 0 Å². The summed E-state index contributed by atoms with van der Waals surface area (Å²) < 4.78 is 5.36. The largest absolute Gasteiger partial charge is 0.440 e. The van der Waals surface area contributed by atoms with Crippen molar-refractivity contribution < 1.29 is 9.52 Å². The minimum atomic E-state index is -0.282. The molecule has 1 atom stereocenters. The van der Waals surface area contributed by atoms with Crippen LogP contribution in [-0.4, -0.2) is 24.0 Å². The Morgan fingerprint density at radius 1 is 1.50 bits per heavy atom. The molecule has 5 heteroatoms. The van der Waals surface area contributed by atoms with Crippen molar-refractivity contribution in [3.63, 3.8) is 0 Å². The molecule has 5 nitrogen and oxygen atoms in total. The molecular weight excluding hydrogens is 232 g/mol. The summed E-state index contributed by atoms with van der Waals surface area (Å²) >= 11 is 0. The zero-order valence-corrected chi connectivity index (χ0v) is 9.96. The molecule has 0 fully saturated rings. The number of nitrogens with two attached hydrogens (primary N) is 1. The molecule has 1 aromatic heterocycles. The average molecular weight is 246 g/mol. The Morgan fingerprint density at radius 2 is 2.22 bits per heavy atom. The van der Waals surface area contributed by atoms with Crippen LogP contribution < -0.4 is 11.2 Å². The Hall–Kier alpha value is -2.14. The Balaban J connectivity index is 2.58. The fourth-order valence-electron chi connectivity index (χ4n) is 1.54. The number of fused-ring (bicyclic) bond motifs is 1. The van der Waals surface area contributed by atoms with Crippen LogP contribution in [0.1, 0.15) is 12.5 Å². The molecule has 0 amide bonds.